The zero-order valence-corrected chi connectivity index (χ0v) is 22.5. The molecule has 0 unspecified atom stereocenters. The predicted molar refractivity (Wildman–Crippen MR) is 138 cm³/mol. The molecule has 8 nitrogen and oxygen atoms in total. The average Bonchev–Trinajstić information content (AvgIpc) is 2.82. The van der Waals surface area contributed by atoms with Crippen molar-refractivity contribution in [2.24, 2.45) is 23.0 Å². The van der Waals surface area contributed by atoms with Crippen molar-refractivity contribution in [1.29, 1.82) is 0 Å². The van der Waals surface area contributed by atoms with E-state index in [0.717, 1.165) is 12.8 Å². The van der Waals surface area contributed by atoms with E-state index in [9.17, 15) is 27.9 Å². The number of rotatable bonds is 16. The number of amides is 2. The van der Waals surface area contributed by atoms with Crippen molar-refractivity contribution in [1.82, 2.24) is 10.6 Å². The Bertz CT molecular complexity index is 893. The van der Waals surface area contributed by atoms with Gasteiger partial charge in [-0.1, -0.05) is 32.4 Å². The van der Waals surface area contributed by atoms with Crippen LogP contribution in [0.5, 0.6) is 5.75 Å². The number of nitrogens with two attached hydrogens (primary N) is 1. The van der Waals surface area contributed by atoms with Crippen LogP contribution in [0.3, 0.4) is 0 Å². The number of para-hydroxylation sites is 1. The summed E-state index contributed by atoms with van der Waals surface area (Å²) in [6.45, 7) is 4.92. The number of hydrogen-bond acceptors (Lipinski definition) is 6. The van der Waals surface area contributed by atoms with Crippen molar-refractivity contribution < 1.29 is 37.3 Å². The Kier molecular flexibility index (Phi) is 12.3. The van der Waals surface area contributed by atoms with E-state index in [2.05, 4.69) is 10.6 Å². The van der Waals surface area contributed by atoms with Crippen LogP contribution in [0.4, 0.5) is 13.2 Å². The number of carbonyl (C=O) groups excluding carboxylic acids is 2. The number of benzene rings is 1. The first-order valence-electron chi connectivity index (χ1n) is 13.2. The highest BCUT2D eigenvalue weighted by Gasteiger charge is 2.63. The lowest BCUT2D eigenvalue weighted by molar-refractivity contribution is -0.243. The molecular weight excluding hydrogens is 503 g/mol. The number of ether oxygens (including phenoxy) is 2. The SMILES string of the molecule is COCCCCOc1ccccc1C(=O)NC[C@@H](C[C@H](N)[C@@H](O)CNC(=O)C1(C(F)(F)F)CCC1)C(C)C. The summed E-state index contributed by atoms with van der Waals surface area (Å²) in [5, 5.41) is 15.6. The molecule has 38 heavy (non-hydrogen) atoms. The molecule has 0 aliphatic heterocycles. The van der Waals surface area contributed by atoms with Crippen molar-refractivity contribution in [3.63, 3.8) is 0 Å². The molecule has 1 aliphatic carbocycles. The highest BCUT2D eigenvalue weighted by Crippen LogP contribution is 2.53. The number of nitrogens with one attached hydrogen (secondary N) is 2. The number of halogens is 3. The van der Waals surface area contributed by atoms with Crippen LogP contribution in [0.2, 0.25) is 0 Å². The molecule has 0 aromatic heterocycles. The van der Waals surface area contributed by atoms with Crippen LogP contribution in [0, 0.1) is 17.3 Å². The van der Waals surface area contributed by atoms with Gasteiger partial charge in [-0.25, -0.2) is 0 Å². The zero-order chi connectivity index (χ0) is 28.3. The molecule has 1 aliphatic rings. The Hall–Kier alpha value is -2.37. The quantitative estimate of drug-likeness (QED) is 0.236. The maximum Gasteiger partial charge on any atom is 0.403 e. The van der Waals surface area contributed by atoms with Crippen LogP contribution in [0.15, 0.2) is 24.3 Å². The van der Waals surface area contributed by atoms with E-state index in [4.69, 9.17) is 15.2 Å². The highest BCUT2D eigenvalue weighted by atomic mass is 19.4. The van der Waals surface area contributed by atoms with E-state index in [1.54, 1.807) is 31.4 Å². The highest BCUT2D eigenvalue weighted by molar-refractivity contribution is 5.96. The third-order valence-corrected chi connectivity index (χ3v) is 7.32. The maximum atomic E-state index is 13.4. The van der Waals surface area contributed by atoms with Gasteiger partial charge in [0.1, 0.15) is 11.2 Å². The van der Waals surface area contributed by atoms with Gasteiger partial charge in [0.15, 0.2) is 0 Å². The molecule has 0 bridgehead atoms. The fourth-order valence-corrected chi connectivity index (χ4v) is 4.41. The third-order valence-electron chi connectivity index (χ3n) is 7.32. The summed E-state index contributed by atoms with van der Waals surface area (Å²) in [6.07, 6.45) is -4.08. The van der Waals surface area contributed by atoms with E-state index in [0.29, 0.717) is 37.4 Å². The number of aliphatic hydroxyl groups excluding tert-OH is 1. The van der Waals surface area contributed by atoms with E-state index < -0.39 is 29.6 Å². The number of aliphatic hydroxyl groups is 1. The Labute approximate surface area is 222 Å². The minimum atomic E-state index is -4.63. The summed E-state index contributed by atoms with van der Waals surface area (Å²) in [7, 11) is 1.64. The molecule has 1 saturated carbocycles. The molecule has 1 fully saturated rings. The number of unbranched alkanes of at least 4 members (excludes halogenated alkanes) is 1. The Balaban J connectivity index is 1.87. The van der Waals surface area contributed by atoms with Gasteiger partial charge in [-0.2, -0.15) is 13.2 Å². The summed E-state index contributed by atoms with van der Waals surface area (Å²) in [4.78, 5) is 25.2. The molecule has 0 saturated heterocycles. The minimum Gasteiger partial charge on any atom is -0.493 e. The van der Waals surface area contributed by atoms with Crippen LogP contribution >= 0.6 is 0 Å². The van der Waals surface area contributed by atoms with Crippen LogP contribution < -0.4 is 21.1 Å². The topological polar surface area (TPSA) is 123 Å². The van der Waals surface area contributed by atoms with Crippen molar-refractivity contribution in [3.8, 4) is 5.75 Å². The van der Waals surface area contributed by atoms with Gasteiger partial charge in [-0.15, -0.1) is 0 Å². The van der Waals surface area contributed by atoms with Crippen molar-refractivity contribution >= 4 is 11.8 Å². The third kappa shape index (κ3) is 8.57. The van der Waals surface area contributed by atoms with Gasteiger partial charge in [-0.05, 0) is 56.1 Å². The first-order valence-corrected chi connectivity index (χ1v) is 13.2. The lowest BCUT2D eigenvalue weighted by Gasteiger charge is -2.41. The van der Waals surface area contributed by atoms with Crippen LogP contribution in [0.25, 0.3) is 0 Å². The summed E-state index contributed by atoms with van der Waals surface area (Å²) in [5.74, 6) is -0.958. The molecule has 2 amide bonds. The lowest BCUT2D eigenvalue weighted by Crippen LogP contribution is -2.57. The first kappa shape index (κ1) is 31.8. The zero-order valence-electron chi connectivity index (χ0n) is 22.5. The molecule has 0 radical (unpaired) electrons. The normalized spacial score (nSPS) is 17.3. The minimum absolute atomic E-state index is 0.0962. The summed E-state index contributed by atoms with van der Waals surface area (Å²) in [5.41, 5.74) is 4.19. The van der Waals surface area contributed by atoms with Gasteiger partial charge >= 0.3 is 6.18 Å². The number of carbonyl (C=O) groups is 2. The van der Waals surface area contributed by atoms with Gasteiger partial charge < -0.3 is 30.9 Å². The lowest BCUT2D eigenvalue weighted by atomic mass is 9.67. The fourth-order valence-electron chi connectivity index (χ4n) is 4.41. The standard InChI is InChI=1S/C27H42F3N3O5/c1-18(2)19(15-21(31)22(34)17-33-25(36)26(11-8-12-26)27(28,29)30)16-32-24(35)20-9-4-5-10-23(20)38-14-7-6-13-37-3/h4-5,9-10,18-19,21-22,34H,6-8,11-17,31H2,1-3H3,(H,32,35)(H,33,36)/t19-,21+,22+/m1/s1. The van der Waals surface area contributed by atoms with Gasteiger partial charge in [0.25, 0.3) is 5.91 Å². The van der Waals surface area contributed by atoms with E-state index in [1.807, 2.05) is 13.8 Å². The summed E-state index contributed by atoms with van der Waals surface area (Å²) in [6, 6.07) is 6.15. The second-order valence-electron chi connectivity index (χ2n) is 10.4. The fraction of sp³-hybridized carbons (Fsp3) is 0.704. The maximum absolute atomic E-state index is 13.4. The molecule has 0 spiro atoms. The van der Waals surface area contributed by atoms with Crippen LogP contribution in [-0.4, -0.2) is 68.7 Å². The molecule has 2 rings (SSSR count). The second kappa shape index (κ2) is 14.7. The molecule has 216 valence electrons. The van der Waals surface area contributed by atoms with Gasteiger partial charge in [0, 0.05) is 32.8 Å². The van der Waals surface area contributed by atoms with Gasteiger partial charge in [0.05, 0.1) is 18.3 Å². The smallest absolute Gasteiger partial charge is 0.403 e. The number of methoxy groups -OCH3 is 1. The molecule has 11 heteroatoms. The molecule has 1 aromatic carbocycles. The van der Waals surface area contributed by atoms with Gasteiger partial charge in [0.2, 0.25) is 5.91 Å². The molecular formula is C27H42F3N3O5. The predicted octanol–water partition coefficient (Wildman–Crippen LogP) is 3.42. The summed E-state index contributed by atoms with van der Waals surface area (Å²) < 4.78 is 50.9. The molecule has 1 aromatic rings. The monoisotopic (exact) mass is 545 g/mol. The van der Waals surface area contributed by atoms with Crippen molar-refractivity contribution in [2.45, 2.75) is 70.7 Å². The Morgan fingerprint density at radius 2 is 1.76 bits per heavy atom. The number of hydrogen-bond donors (Lipinski definition) is 4. The van der Waals surface area contributed by atoms with E-state index in [-0.39, 0.29) is 43.7 Å². The molecule has 0 heterocycles. The van der Waals surface area contributed by atoms with Crippen molar-refractivity contribution in [2.75, 3.05) is 33.4 Å². The first-order chi connectivity index (χ1) is 17.9. The second-order valence-corrected chi connectivity index (χ2v) is 10.4. The van der Waals surface area contributed by atoms with E-state index >= 15 is 0 Å². The Morgan fingerprint density at radius 3 is 2.34 bits per heavy atom. The van der Waals surface area contributed by atoms with Crippen molar-refractivity contribution in [3.05, 3.63) is 29.8 Å². The van der Waals surface area contributed by atoms with Crippen LogP contribution in [0.1, 0.15) is 62.7 Å². The number of alkyl halides is 3. The largest absolute Gasteiger partial charge is 0.493 e. The molecule has 3 atom stereocenters. The molecule has 5 N–H and O–H groups in total. The average molecular weight is 546 g/mol. The van der Waals surface area contributed by atoms with Crippen LogP contribution in [-0.2, 0) is 9.53 Å². The Morgan fingerprint density at radius 1 is 1.11 bits per heavy atom. The van der Waals surface area contributed by atoms with Gasteiger partial charge in [-0.3, -0.25) is 9.59 Å². The summed E-state index contributed by atoms with van der Waals surface area (Å²) >= 11 is 0. The van der Waals surface area contributed by atoms with E-state index in [1.165, 1.54) is 0 Å².